The minimum atomic E-state index is -1.53. The number of fused-ring (bicyclic) bond motifs is 2. The van der Waals surface area contributed by atoms with Gasteiger partial charge < -0.3 is 31.1 Å². The Bertz CT molecular complexity index is 4640. The Morgan fingerprint density at radius 3 is 1.43 bits per heavy atom. The highest BCUT2D eigenvalue weighted by atomic mass is 35.5. The van der Waals surface area contributed by atoms with E-state index in [1.807, 2.05) is 27.7 Å². The van der Waals surface area contributed by atoms with Crippen molar-refractivity contribution >= 4 is 132 Å². The zero-order valence-corrected chi connectivity index (χ0v) is 53.1. The maximum atomic E-state index is 15.4. The third kappa shape index (κ3) is 10.9. The van der Waals surface area contributed by atoms with Crippen molar-refractivity contribution in [3.8, 4) is 46.0 Å². The lowest BCUT2D eigenvalue weighted by Crippen LogP contribution is -2.49. The Balaban J connectivity index is 1.03. The van der Waals surface area contributed by atoms with E-state index < -0.39 is 77.7 Å². The number of nitrogens with two attached hydrogens (primary N) is 2. The van der Waals surface area contributed by atoms with E-state index in [4.69, 9.17) is 96.0 Å². The number of nitriles is 2. The lowest BCUT2D eigenvalue weighted by atomic mass is 10.0. The van der Waals surface area contributed by atoms with Crippen LogP contribution in [0.1, 0.15) is 78.9 Å². The van der Waals surface area contributed by atoms with Crippen molar-refractivity contribution < 1.29 is 27.2 Å². The van der Waals surface area contributed by atoms with Crippen molar-refractivity contribution in [1.82, 2.24) is 38.9 Å². The van der Waals surface area contributed by atoms with Gasteiger partial charge in [0.2, 0.25) is 11.8 Å². The standard InChI is InChI=1S/C62H50Cl6F4N14O4/c1-8-37(87)81-13-17-83(18-14-81)58-32-23-36(64)54(40-42(66)46(70)48(72)50(76)44(40)68)80-60(32)86(62(90)34(58)25-74)56-29(7)21-30(78-52(56)27(4)5)9-10-38(88)82-15-19-84(20-16-82)57-31-22-35(63)53(39-41(65)45(69)47(71)49(75)43(39)67)79-59(31)85(61(89)33(57)24-73)55-28(6)11-12-77-51(55)26(2)3/h8-12,21-23,26-27H,1,13-20,75-76H2,2-7H3/b10-9-. The SMILES string of the molecule is C=CC(=O)N1CCN(c2c(C#N)c(=O)n(-c3c(C)cc(/C=C\C(=O)N4CCN(c5c(C#N)c(=O)n(-c6c(C)ccnc6C(C)C)c6nc(-c7c(Cl)c(N)c(F)c(F)c7Cl)c(Cl)cc56)CC4)nc3C(C)C)c3nc(-c4c(Cl)c(N)c(F)c(F)c4Cl)c(Cl)cc23)CC1. The van der Waals surface area contributed by atoms with Gasteiger partial charge in [-0.05, 0) is 73.2 Å². The molecule has 0 atom stereocenters. The van der Waals surface area contributed by atoms with E-state index in [-0.39, 0.29) is 153 Å². The van der Waals surface area contributed by atoms with Crippen molar-refractivity contribution in [3.05, 3.63) is 163 Å². The topological polar surface area (TPSA) is 242 Å². The number of halogens is 10. The van der Waals surface area contributed by atoms with Crippen LogP contribution in [0.15, 0.2) is 58.8 Å². The molecule has 2 saturated heterocycles. The number of nitrogen functional groups attached to an aromatic ring is 2. The third-order valence-electron chi connectivity index (χ3n) is 15.8. The van der Waals surface area contributed by atoms with Gasteiger partial charge in [-0.25, -0.2) is 27.5 Å². The Morgan fingerprint density at radius 2 is 1.02 bits per heavy atom. The fourth-order valence-corrected chi connectivity index (χ4v) is 13.0. The average Bonchev–Trinajstić information content (AvgIpc) is 0.731. The van der Waals surface area contributed by atoms with Gasteiger partial charge in [0.25, 0.3) is 11.1 Å². The molecule has 2 aromatic carbocycles. The summed E-state index contributed by atoms with van der Waals surface area (Å²) >= 11 is 39.8. The van der Waals surface area contributed by atoms with Crippen LogP contribution in [0.25, 0.3) is 62.0 Å². The van der Waals surface area contributed by atoms with Gasteiger partial charge in [0.05, 0.1) is 92.7 Å². The van der Waals surface area contributed by atoms with Crippen molar-refractivity contribution in [3.63, 3.8) is 0 Å². The highest BCUT2D eigenvalue weighted by Crippen LogP contribution is 2.48. The van der Waals surface area contributed by atoms with E-state index in [0.717, 1.165) is 0 Å². The van der Waals surface area contributed by atoms with Gasteiger partial charge in [0.15, 0.2) is 23.3 Å². The molecule has 0 radical (unpaired) electrons. The van der Waals surface area contributed by atoms with Crippen molar-refractivity contribution in [2.45, 2.75) is 53.4 Å². The second-order valence-electron chi connectivity index (χ2n) is 21.9. The van der Waals surface area contributed by atoms with Crippen LogP contribution >= 0.6 is 69.6 Å². The minimum Gasteiger partial charge on any atom is -0.395 e. The number of amides is 2. The summed E-state index contributed by atoms with van der Waals surface area (Å²) in [4.78, 5) is 82.8. The van der Waals surface area contributed by atoms with Crippen LogP contribution in [0, 0.1) is 59.8 Å². The number of nitrogens with zero attached hydrogens (tertiary/aromatic N) is 12. The van der Waals surface area contributed by atoms with Crippen molar-refractivity contribution in [2.24, 2.45) is 0 Å². The zero-order valence-electron chi connectivity index (χ0n) is 48.6. The van der Waals surface area contributed by atoms with Crippen LogP contribution in [-0.4, -0.2) is 103 Å². The molecule has 0 saturated carbocycles. The summed E-state index contributed by atoms with van der Waals surface area (Å²) in [6, 6.07) is 10.3. The molecule has 4 N–H and O–H groups in total. The minimum absolute atomic E-state index is 0.0700. The normalized spacial score (nSPS) is 13.8. The molecule has 8 aromatic rings. The molecule has 0 bridgehead atoms. The van der Waals surface area contributed by atoms with E-state index >= 15 is 18.4 Å². The molecule has 2 aliphatic rings. The maximum absolute atomic E-state index is 15.4. The fraction of sp³-hybridized carbons (Fsp3) is 0.258. The number of carbonyl (C=O) groups is 2. The second-order valence-corrected chi connectivity index (χ2v) is 24.2. The molecular formula is C62H50Cl6F4N14O4. The number of carbonyl (C=O) groups excluding carboxylic acids is 2. The van der Waals surface area contributed by atoms with E-state index in [9.17, 15) is 28.9 Å². The first-order valence-electron chi connectivity index (χ1n) is 27.7. The van der Waals surface area contributed by atoms with Gasteiger partial charge in [-0.2, -0.15) is 10.5 Å². The average molecular weight is 1340 g/mol. The zero-order chi connectivity index (χ0) is 65.4. The lowest BCUT2D eigenvalue weighted by molar-refractivity contribution is -0.127. The number of rotatable bonds is 11. The molecule has 2 amide bonds. The summed E-state index contributed by atoms with van der Waals surface area (Å²) in [5.41, 5.74) is 9.40. The van der Waals surface area contributed by atoms with E-state index in [1.54, 1.807) is 51.8 Å². The van der Waals surface area contributed by atoms with Gasteiger partial charge in [0.1, 0.15) is 34.6 Å². The summed E-state index contributed by atoms with van der Waals surface area (Å²) in [6.07, 6.45) is 5.57. The molecule has 28 heteroatoms. The number of hydrogen-bond acceptors (Lipinski definition) is 14. The molecule has 0 spiro atoms. The van der Waals surface area contributed by atoms with Gasteiger partial charge in [-0.1, -0.05) is 104 Å². The molecule has 10 rings (SSSR count). The fourth-order valence-electron chi connectivity index (χ4n) is 11.4. The van der Waals surface area contributed by atoms with E-state index in [0.29, 0.717) is 28.2 Å². The monoisotopic (exact) mass is 1340 g/mol. The smallest absolute Gasteiger partial charge is 0.276 e. The second kappa shape index (κ2) is 25.1. The number of pyridine rings is 6. The molecule has 0 aliphatic carbocycles. The molecule has 90 heavy (non-hydrogen) atoms. The Kier molecular flexibility index (Phi) is 18.0. The van der Waals surface area contributed by atoms with Gasteiger partial charge in [0, 0.05) is 86.5 Å². The van der Waals surface area contributed by atoms with Crippen LogP contribution in [0.3, 0.4) is 0 Å². The summed E-state index contributed by atoms with van der Waals surface area (Å²) in [7, 11) is 0. The third-order valence-corrected chi connectivity index (χ3v) is 17.8. The first-order valence-corrected chi connectivity index (χ1v) is 29.9. The van der Waals surface area contributed by atoms with E-state index in [1.165, 1.54) is 39.5 Å². The number of hydrogen-bond donors (Lipinski definition) is 2. The summed E-state index contributed by atoms with van der Waals surface area (Å²) < 4.78 is 62.8. The highest BCUT2D eigenvalue weighted by Gasteiger charge is 2.35. The molecule has 2 aliphatic heterocycles. The lowest BCUT2D eigenvalue weighted by Gasteiger charge is -2.36. The number of piperazine rings is 2. The first-order chi connectivity index (χ1) is 42.7. The maximum Gasteiger partial charge on any atom is 0.276 e. The van der Waals surface area contributed by atoms with Gasteiger partial charge in [-0.3, -0.25) is 38.3 Å². The van der Waals surface area contributed by atoms with Crippen LogP contribution < -0.4 is 32.4 Å². The summed E-state index contributed by atoms with van der Waals surface area (Å²) in [5.74, 6) is -7.50. The van der Waals surface area contributed by atoms with Crippen LogP contribution in [0.2, 0.25) is 30.1 Å². The molecular weight excluding hydrogens is 1290 g/mol. The van der Waals surface area contributed by atoms with Gasteiger partial charge >= 0.3 is 0 Å². The molecule has 6 aromatic heterocycles. The van der Waals surface area contributed by atoms with Crippen LogP contribution in [0.4, 0.5) is 40.3 Å². The molecule has 18 nitrogen and oxygen atoms in total. The van der Waals surface area contributed by atoms with Crippen LogP contribution in [0.5, 0.6) is 0 Å². The molecule has 8 heterocycles. The predicted octanol–water partition coefficient (Wildman–Crippen LogP) is 12.7. The number of anilines is 4. The van der Waals surface area contributed by atoms with Crippen molar-refractivity contribution in [1.29, 1.82) is 10.5 Å². The van der Waals surface area contributed by atoms with Gasteiger partial charge in [-0.15, -0.1) is 0 Å². The number of benzene rings is 2. The van der Waals surface area contributed by atoms with E-state index in [2.05, 4.69) is 23.7 Å². The quantitative estimate of drug-likeness (QED) is 0.0402. The summed E-state index contributed by atoms with van der Waals surface area (Å²) in [5, 5.41) is 19.2. The molecule has 2 fully saturated rings. The Hall–Kier alpha value is -8.48. The number of aryl methyl sites for hydroxylation is 2. The molecule has 0 unspecified atom stereocenters. The first kappa shape index (κ1) is 64.5. The predicted molar refractivity (Wildman–Crippen MR) is 344 cm³/mol. The molecule has 462 valence electrons. The summed E-state index contributed by atoms with van der Waals surface area (Å²) in [6.45, 7) is 15.4. The number of aromatic nitrogens is 6. The van der Waals surface area contributed by atoms with Crippen molar-refractivity contribution in [2.75, 3.05) is 73.6 Å². The largest absolute Gasteiger partial charge is 0.395 e. The Morgan fingerprint density at radius 1 is 0.600 bits per heavy atom. The highest BCUT2D eigenvalue weighted by molar-refractivity contribution is 6.43. The Labute approximate surface area is 541 Å². The van der Waals surface area contributed by atoms with Crippen LogP contribution in [-0.2, 0) is 9.59 Å².